The molecule has 0 bridgehead atoms. The Labute approximate surface area is 179 Å². The maximum atomic E-state index is 11.3. The predicted molar refractivity (Wildman–Crippen MR) is 113 cm³/mol. The highest BCUT2D eigenvalue weighted by atomic mass is 16.6. The molecular weight excluding hydrogens is 428 g/mol. The summed E-state index contributed by atoms with van der Waals surface area (Å²) in [7, 11) is 0. The number of hydrogen-bond acceptors (Lipinski definition) is 10. The number of hydrogen-bond donors (Lipinski definition) is 2. The van der Waals surface area contributed by atoms with E-state index in [0.29, 0.717) is 25.7 Å². The molecule has 168 valence electrons. The molecule has 14 heteroatoms. The summed E-state index contributed by atoms with van der Waals surface area (Å²) in [6.45, 7) is 0. The molecule has 0 aliphatic heterocycles. The lowest BCUT2D eigenvalue weighted by Crippen LogP contribution is -2.32. The van der Waals surface area contributed by atoms with Crippen molar-refractivity contribution in [3.8, 4) is 0 Å². The van der Waals surface area contributed by atoms with Gasteiger partial charge in [0.15, 0.2) is 0 Å². The molecule has 2 aromatic carbocycles. The number of benzene rings is 2. The van der Waals surface area contributed by atoms with Crippen LogP contribution in [0.2, 0.25) is 0 Å². The van der Waals surface area contributed by atoms with Gasteiger partial charge in [0.1, 0.15) is 11.4 Å². The summed E-state index contributed by atoms with van der Waals surface area (Å²) in [6.07, 6.45) is 2.36. The molecule has 0 radical (unpaired) electrons. The molecule has 0 unspecified atom stereocenters. The van der Waals surface area contributed by atoms with Gasteiger partial charge in [0, 0.05) is 24.2 Å². The van der Waals surface area contributed by atoms with E-state index in [0.717, 1.165) is 12.1 Å². The fourth-order valence-corrected chi connectivity index (χ4v) is 3.64. The van der Waals surface area contributed by atoms with E-state index in [1.165, 1.54) is 24.3 Å². The summed E-state index contributed by atoms with van der Waals surface area (Å²) in [5.41, 5.74) is -1.16. The third kappa shape index (κ3) is 5.03. The van der Waals surface area contributed by atoms with Gasteiger partial charge in [0.25, 0.3) is 22.7 Å². The number of non-ortho nitro benzene ring substituents is 2. The first-order valence-electron chi connectivity index (χ1n) is 9.54. The summed E-state index contributed by atoms with van der Waals surface area (Å²) in [4.78, 5) is 41.5. The summed E-state index contributed by atoms with van der Waals surface area (Å²) in [6, 6.07) is 6.56. The Hall–Kier alpha value is -4.36. The standard InChI is InChI=1S/C18H18N6O8/c25-21(26)13-5-7-15(17(9-13)23(29)30)19-11-1-2-12(4-3-11)20-16-8-6-14(22(27)28)10-18(16)24(31)32/h5-12,19-20H,1-4H2. The zero-order chi connectivity index (χ0) is 23.4. The van der Waals surface area contributed by atoms with Gasteiger partial charge in [-0.1, -0.05) is 0 Å². The van der Waals surface area contributed by atoms with Crippen molar-refractivity contribution in [2.45, 2.75) is 37.8 Å². The first kappa shape index (κ1) is 22.3. The average molecular weight is 446 g/mol. The smallest absolute Gasteiger partial charge is 0.299 e. The van der Waals surface area contributed by atoms with Crippen molar-refractivity contribution in [3.05, 3.63) is 76.9 Å². The average Bonchev–Trinajstić information content (AvgIpc) is 2.75. The summed E-state index contributed by atoms with van der Waals surface area (Å²) in [5, 5.41) is 50.4. The minimum atomic E-state index is -0.703. The zero-order valence-electron chi connectivity index (χ0n) is 16.5. The third-order valence-electron chi connectivity index (χ3n) is 5.22. The Kier molecular flexibility index (Phi) is 6.42. The molecular formula is C18H18N6O8. The van der Waals surface area contributed by atoms with Crippen LogP contribution in [-0.2, 0) is 0 Å². The second kappa shape index (κ2) is 9.20. The van der Waals surface area contributed by atoms with E-state index in [2.05, 4.69) is 10.6 Å². The number of nitrogens with one attached hydrogen (secondary N) is 2. The van der Waals surface area contributed by atoms with E-state index in [1.807, 2.05) is 0 Å². The van der Waals surface area contributed by atoms with Crippen LogP contribution in [0.15, 0.2) is 36.4 Å². The lowest BCUT2D eigenvalue weighted by atomic mass is 9.90. The topological polar surface area (TPSA) is 197 Å². The molecule has 2 aromatic rings. The fraction of sp³-hybridized carbons (Fsp3) is 0.333. The minimum Gasteiger partial charge on any atom is -0.377 e. The van der Waals surface area contributed by atoms with Crippen molar-refractivity contribution in [3.63, 3.8) is 0 Å². The molecule has 32 heavy (non-hydrogen) atoms. The summed E-state index contributed by atoms with van der Waals surface area (Å²) < 4.78 is 0. The second-order valence-corrected chi connectivity index (χ2v) is 7.27. The Bertz CT molecular complexity index is 998. The fourth-order valence-electron chi connectivity index (χ4n) is 3.64. The Morgan fingerprint density at radius 2 is 0.938 bits per heavy atom. The van der Waals surface area contributed by atoms with E-state index >= 15 is 0 Å². The molecule has 2 N–H and O–H groups in total. The molecule has 1 aliphatic rings. The first-order valence-corrected chi connectivity index (χ1v) is 9.54. The van der Waals surface area contributed by atoms with Gasteiger partial charge in [-0.05, 0) is 37.8 Å². The molecule has 0 atom stereocenters. The molecule has 1 saturated carbocycles. The van der Waals surface area contributed by atoms with E-state index in [-0.39, 0.29) is 46.2 Å². The molecule has 0 aromatic heterocycles. The number of rotatable bonds is 8. The number of nitro groups is 4. The van der Waals surface area contributed by atoms with Gasteiger partial charge in [-0.15, -0.1) is 0 Å². The molecule has 1 aliphatic carbocycles. The summed E-state index contributed by atoms with van der Waals surface area (Å²) >= 11 is 0. The van der Waals surface area contributed by atoms with Gasteiger partial charge in [-0.3, -0.25) is 40.5 Å². The SMILES string of the molecule is O=[N+]([O-])c1ccc(NC2CCC(Nc3ccc([N+](=O)[O-])cc3[N+](=O)[O-])CC2)c([N+](=O)[O-])c1. The second-order valence-electron chi connectivity index (χ2n) is 7.27. The van der Waals surface area contributed by atoms with Crippen LogP contribution in [-0.4, -0.2) is 31.8 Å². The van der Waals surface area contributed by atoms with Gasteiger partial charge in [0.2, 0.25) is 0 Å². The molecule has 0 amide bonds. The van der Waals surface area contributed by atoms with Crippen molar-refractivity contribution in [2.75, 3.05) is 10.6 Å². The largest absolute Gasteiger partial charge is 0.377 e. The molecule has 1 fully saturated rings. The van der Waals surface area contributed by atoms with Crippen LogP contribution < -0.4 is 10.6 Å². The maximum Gasteiger partial charge on any atom is 0.299 e. The number of anilines is 2. The molecule has 0 saturated heterocycles. The van der Waals surface area contributed by atoms with Crippen molar-refractivity contribution in [2.24, 2.45) is 0 Å². The number of nitrogens with zero attached hydrogens (tertiary/aromatic N) is 4. The maximum absolute atomic E-state index is 11.3. The Morgan fingerprint density at radius 1 is 0.594 bits per heavy atom. The molecule has 0 spiro atoms. The van der Waals surface area contributed by atoms with E-state index in [4.69, 9.17) is 0 Å². The Balaban J connectivity index is 1.65. The highest BCUT2D eigenvalue weighted by Crippen LogP contribution is 2.34. The van der Waals surface area contributed by atoms with Crippen LogP contribution in [0.3, 0.4) is 0 Å². The van der Waals surface area contributed by atoms with Gasteiger partial charge in [-0.25, -0.2) is 0 Å². The normalized spacial score (nSPS) is 17.9. The van der Waals surface area contributed by atoms with Gasteiger partial charge in [-0.2, -0.15) is 0 Å². The van der Waals surface area contributed by atoms with Crippen LogP contribution in [0.5, 0.6) is 0 Å². The monoisotopic (exact) mass is 446 g/mol. The van der Waals surface area contributed by atoms with Crippen LogP contribution >= 0.6 is 0 Å². The third-order valence-corrected chi connectivity index (χ3v) is 5.22. The minimum absolute atomic E-state index is 0.125. The number of nitro benzene ring substituents is 4. The molecule has 0 heterocycles. The van der Waals surface area contributed by atoms with E-state index < -0.39 is 19.7 Å². The predicted octanol–water partition coefficient (Wildman–Crippen LogP) is 4.15. The van der Waals surface area contributed by atoms with Gasteiger partial charge < -0.3 is 10.6 Å². The highest BCUT2D eigenvalue weighted by Gasteiger charge is 2.27. The molecule has 3 rings (SSSR count). The van der Waals surface area contributed by atoms with Crippen molar-refractivity contribution >= 4 is 34.1 Å². The van der Waals surface area contributed by atoms with E-state index in [1.54, 1.807) is 0 Å². The quantitative estimate of drug-likeness (QED) is 0.438. The van der Waals surface area contributed by atoms with Crippen LogP contribution in [0, 0.1) is 40.5 Å². The lowest BCUT2D eigenvalue weighted by molar-refractivity contribution is -0.393. The van der Waals surface area contributed by atoms with Gasteiger partial charge >= 0.3 is 0 Å². The first-order chi connectivity index (χ1) is 15.2. The van der Waals surface area contributed by atoms with Crippen molar-refractivity contribution < 1.29 is 19.7 Å². The summed E-state index contributed by atoms with van der Waals surface area (Å²) in [5.74, 6) is 0. The highest BCUT2D eigenvalue weighted by molar-refractivity contribution is 5.66. The zero-order valence-corrected chi connectivity index (χ0v) is 16.5. The van der Waals surface area contributed by atoms with Gasteiger partial charge in [0.05, 0.1) is 31.8 Å². The van der Waals surface area contributed by atoms with Crippen LogP contribution in [0.4, 0.5) is 34.1 Å². The lowest BCUT2D eigenvalue weighted by Gasteiger charge is -2.30. The Morgan fingerprint density at radius 3 is 1.22 bits per heavy atom. The molecule has 14 nitrogen and oxygen atoms in total. The van der Waals surface area contributed by atoms with Crippen LogP contribution in [0.1, 0.15) is 25.7 Å². The van der Waals surface area contributed by atoms with Crippen LogP contribution in [0.25, 0.3) is 0 Å². The van der Waals surface area contributed by atoms with E-state index in [9.17, 15) is 40.5 Å². The van der Waals surface area contributed by atoms with Crippen molar-refractivity contribution in [1.29, 1.82) is 0 Å². The van der Waals surface area contributed by atoms with Crippen molar-refractivity contribution in [1.82, 2.24) is 0 Å².